The zero-order valence-corrected chi connectivity index (χ0v) is 13.8. The predicted molar refractivity (Wildman–Crippen MR) is 90.3 cm³/mol. The van der Waals surface area contributed by atoms with Gasteiger partial charge in [0.2, 0.25) is 11.8 Å². The first-order valence-corrected chi connectivity index (χ1v) is 7.44. The summed E-state index contributed by atoms with van der Waals surface area (Å²) in [6.07, 6.45) is 1.18. The molecule has 0 atom stereocenters. The molecule has 2 aromatic rings. The van der Waals surface area contributed by atoms with Crippen molar-refractivity contribution in [3.05, 3.63) is 43.1 Å². The van der Waals surface area contributed by atoms with Gasteiger partial charge in [-0.2, -0.15) is 4.98 Å². The normalized spacial score (nSPS) is 10.2. The quantitative estimate of drug-likeness (QED) is 0.435. The van der Waals surface area contributed by atoms with Crippen LogP contribution >= 0.6 is 34.2 Å². The third-order valence-corrected chi connectivity index (χ3v) is 3.61. The highest BCUT2D eigenvalue weighted by atomic mass is 127. The van der Waals surface area contributed by atoms with Crippen molar-refractivity contribution in [1.82, 2.24) is 9.97 Å². The molecule has 0 unspecified atom stereocenters. The van der Waals surface area contributed by atoms with E-state index in [0.29, 0.717) is 23.2 Å². The summed E-state index contributed by atoms with van der Waals surface area (Å²) in [6.45, 7) is 2.51. The zero-order valence-electron chi connectivity index (χ0n) is 10.9. The number of hydrogen-bond acceptors (Lipinski definition) is 6. The van der Waals surface area contributed by atoms with E-state index in [9.17, 15) is 10.1 Å². The summed E-state index contributed by atoms with van der Waals surface area (Å²) >= 11 is 7.98. The maximum Gasteiger partial charge on any atom is 0.329 e. The van der Waals surface area contributed by atoms with Gasteiger partial charge in [-0.15, -0.1) is 0 Å². The Labute approximate surface area is 139 Å². The maximum absolute atomic E-state index is 11.1. The van der Waals surface area contributed by atoms with Crippen LogP contribution in [0.15, 0.2) is 24.4 Å². The molecule has 0 bridgehead atoms. The third kappa shape index (κ3) is 3.91. The molecule has 21 heavy (non-hydrogen) atoms. The van der Waals surface area contributed by atoms with Crippen molar-refractivity contribution in [3.8, 4) is 0 Å². The van der Waals surface area contributed by atoms with Crippen LogP contribution in [0.1, 0.15) is 6.92 Å². The maximum atomic E-state index is 11.1. The molecule has 1 aromatic carbocycles. The van der Waals surface area contributed by atoms with Gasteiger partial charge in [0, 0.05) is 15.1 Å². The molecule has 9 heteroatoms. The number of nitro groups is 1. The molecular weight excluding hydrogens is 409 g/mol. The summed E-state index contributed by atoms with van der Waals surface area (Å²) in [5.74, 6) is 0.459. The van der Waals surface area contributed by atoms with Crippen LogP contribution in [-0.2, 0) is 0 Å². The second kappa shape index (κ2) is 6.85. The lowest BCUT2D eigenvalue weighted by Crippen LogP contribution is -2.07. The highest BCUT2D eigenvalue weighted by molar-refractivity contribution is 14.1. The fraction of sp³-hybridized carbons (Fsp3) is 0.167. The first-order valence-electron chi connectivity index (χ1n) is 5.98. The second-order valence-electron chi connectivity index (χ2n) is 3.96. The molecule has 7 nitrogen and oxygen atoms in total. The lowest BCUT2D eigenvalue weighted by molar-refractivity contribution is -0.384. The van der Waals surface area contributed by atoms with E-state index in [1.54, 1.807) is 18.2 Å². The number of benzene rings is 1. The van der Waals surface area contributed by atoms with Crippen LogP contribution in [0, 0.1) is 13.7 Å². The van der Waals surface area contributed by atoms with Gasteiger partial charge < -0.3 is 10.6 Å². The van der Waals surface area contributed by atoms with Crippen molar-refractivity contribution < 1.29 is 4.92 Å². The Balaban J connectivity index is 2.40. The molecule has 0 aliphatic rings. The summed E-state index contributed by atoms with van der Waals surface area (Å²) in [5, 5.41) is 17.5. The molecule has 0 saturated carbocycles. The minimum atomic E-state index is -0.527. The van der Waals surface area contributed by atoms with E-state index in [2.05, 4.69) is 43.2 Å². The van der Waals surface area contributed by atoms with Gasteiger partial charge in [-0.1, -0.05) is 11.6 Å². The minimum absolute atomic E-state index is 0.131. The molecular formula is C12H11ClIN5O2. The number of hydrogen-bond donors (Lipinski definition) is 2. The second-order valence-corrected chi connectivity index (χ2v) is 5.56. The molecule has 0 spiro atoms. The first-order chi connectivity index (χ1) is 10.0. The van der Waals surface area contributed by atoms with E-state index in [1.807, 2.05) is 6.92 Å². The summed E-state index contributed by atoms with van der Waals surface area (Å²) in [5.41, 5.74) is 0.492. The Bertz CT molecular complexity index is 683. The van der Waals surface area contributed by atoms with Gasteiger partial charge in [0.05, 0.1) is 10.6 Å². The van der Waals surface area contributed by atoms with Crippen LogP contribution in [0.4, 0.5) is 23.1 Å². The fourth-order valence-corrected chi connectivity index (χ4v) is 2.57. The molecule has 2 rings (SSSR count). The molecule has 2 N–H and O–H groups in total. The smallest absolute Gasteiger partial charge is 0.329 e. The standard InChI is InChI=1S/C12H11ClIN5O2/c1-2-15-12-16-6-10(19(20)21)11(18-12)17-9-4-3-7(13)5-8(9)14/h3-6H,2H2,1H3,(H2,15,16,17,18). The molecule has 1 heterocycles. The van der Waals surface area contributed by atoms with Crippen LogP contribution in [0.2, 0.25) is 5.02 Å². The summed E-state index contributed by atoms with van der Waals surface area (Å²) in [7, 11) is 0. The Kier molecular flexibility index (Phi) is 5.12. The lowest BCUT2D eigenvalue weighted by Gasteiger charge is -2.10. The predicted octanol–water partition coefficient (Wildman–Crippen LogP) is 3.82. The number of rotatable bonds is 5. The average Bonchev–Trinajstić information content (AvgIpc) is 2.42. The van der Waals surface area contributed by atoms with Crippen molar-refractivity contribution in [2.24, 2.45) is 0 Å². The first kappa shape index (κ1) is 15.7. The van der Waals surface area contributed by atoms with Gasteiger partial charge in [-0.25, -0.2) is 4.98 Å². The molecule has 1 aromatic heterocycles. The van der Waals surface area contributed by atoms with Crippen molar-refractivity contribution in [1.29, 1.82) is 0 Å². The third-order valence-electron chi connectivity index (χ3n) is 2.49. The van der Waals surface area contributed by atoms with E-state index >= 15 is 0 Å². The van der Waals surface area contributed by atoms with E-state index in [-0.39, 0.29) is 11.5 Å². The average molecular weight is 420 g/mol. The van der Waals surface area contributed by atoms with E-state index in [0.717, 1.165) is 3.57 Å². The number of aromatic nitrogens is 2. The van der Waals surface area contributed by atoms with Gasteiger partial charge >= 0.3 is 5.69 Å². The van der Waals surface area contributed by atoms with Gasteiger partial charge in [0.25, 0.3) is 0 Å². The SMILES string of the molecule is CCNc1ncc([N+](=O)[O-])c(Nc2ccc(Cl)cc2I)n1. The van der Waals surface area contributed by atoms with Crippen molar-refractivity contribution in [3.63, 3.8) is 0 Å². The fourth-order valence-electron chi connectivity index (χ4n) is 1.56. The van der Waals surface area contributed by atoms with Crippen LogP contribution in [0.25, 0.3) is 0 Å². The van der Waals surface area contributed by atoms with Crippen molar-refractivity contribution >= 4 is 57.3 Å². The molecule has 0 aliphatic heterocycles. The minimum Gasteiger partial charge on any atom is -0.354 e. The Morgan fingerprint density at radius 3 is 2.86 bits per heavy atom. The molecule has 110 valence electrons. The van der Waals surface area contributed by atoms with Gasteiger partial charge in [0.15, 0.2) is 0 Å². The highest BCUT2D eigenvalue weighted by Gasteiger charge is 2.18. The summed E-state index contributed by atoms with van der Waals surface area (Å²) in [4.78, 5) is 18.6. The molecule has 0 saturated heterocycles. The summed E-state index contributed by atoms with van der Waals surface area (Å²) in [6, 6.07) is 5.19. The molecule has 0 amide bonds. The number of nitrogens with zero attached hydrogens (tertiary/aromatic N) is 3. The van der Waals surface area contributed by atoms with Crippen LogP contribution < -0.4 is 10.6 Å². The van der Waals surface area contributed by atoms with Crippen LogP contribution in [0.5, 0.6) is 0 Å². The van der Waals surface area contributed by atoms with Crippen LogP contribution in [0.3, 0.4) is 0 Å². The van der Waals surface area contributed by atoms with Crippen LogP contribution in [-0.4, -0.2) is 21.4 Å². The largest absolute Gasteiger partial charge is 0.354 e. The number of nitrogens with one attached hydrogen (secondary N) is 2. The lowest BCUT2D eigenvalue weighted by atomic mass is 10.3. The van der Waals surface area contributed by atoms with E-state index in [4.69, 9.17) is 11.6 Å². The number of halogens is 2. The van der Waals surface area contributed by atoms with Crippen molar-refractivity contribution in [2.75, 3.05) is 17.2 Å². The van der Waals surface area contributed by atoms with E-state index in [1.165, 1.54) is 6.20 Å². The Hall–Kier alpha value is -1.68. The monoisotopic (exact) mass is 419 g/mol. The number of anilines is 3. The topological polar surface area (TPSA) is 93.0 Å². The Morgan fingerprint density at radius 2 is 2.24 bits per heavy atom. The molecule has 0 fully saturated rings. The van der Waals surface area contributed by atoms with E-state index < -0.39 is 4.92 Å². The van der Waals surface area contributed by atoms with Gasteiger partial charge in [-0.3, -0.25) is 10.1 Å². The van der Waals surface area contributed by atoms with Gasteiger partial charge in [-0.05, 0) is 47.7 Å². The summed E-state index contributed by atoms with van der Waals surface area (Å²) < 4.78 is 0.831. The zero-order chi connectivity index (χ0) is 15.4. The van der Waals surface area contributed by atoms with Gasteiger partial charge in [0.1, 0.15) is 6.20 Å². The highest BCUT2D eigenvalue weighted by Crippen LogP contribution is 2.29. The Morgan fingerprint density at radius 1 is 1.48 bits per heavy atom. The van der Waals surface area contributed by atoms with Crippen molar-refractivity contribution in [2.45, 2.75) is 6.92 Å². The molecule has 0 radical (unpaired) electrons. The molecule has 0 aliphatic carbocycles.